The number of para-hydroxylation sites is 1. The second-order valence-corrected chi connectivity index (χ2v) is 6.78. The topological polar surface area (TPSA) is 67.4 Å². The SMILES string of the molecule is O=S(=O)(NCC[C@H]1CCNC1)c1ccccc1OC(F)(F)F. The molecule has 1 heterocycles. The monoisotopic (exact) mass is 338 g/mol. The number of benzene rings is 1. The van der Waals surface area contributed by atoms with E-state index < -0.39 is 27.0 Å². The Morgan fingerprint density at radius 2 is 2.05 bits per heavy atom. The summed E-state index contributed by atoms with van der Waals surface area (Å²) >= 11 is 0. The highest BCUT2D eigenvalue weighted by Gasteiger charge is 2.33. The van der Waals surface area contributed by atoms with Crippen LogP contribution in [0.3, 0.4) is 0 Å². The number of alkyl halides is 3. The van der Waals surface area contributed by atoms with Crippen LogP contribution in [0.1, 0.15) is 12.8 Å². The molecule has 124 valence electrons. The maximum absolute atomic E-state index is 12.3. The van der Waals surface area contributed by atoms with Crippen molar-refractivity contribution in [3.63, 3.8) is 0 Å². The van der Waals surface area contributed by atoms with Gasteiger partial charge < -0.3 is 10.1 Å². The van der Waals surface area contributed by atoms with Gasteiger partial charge in [-0.15, -0.1) is 13.2 Å². The first-order valence-corrected chi connectivity index (χ1v) is 8.31. The van der Waals surface area contributed by atoms with Gasteiger partial charge >= 0.3 is 6.36 Å². The van der Waals surface area contributed by atoms with Gasteiger partial charge in [0, 0.05) is 6.54 Å². The zero-order valence-corrected chi connectivity index (χ0v) is 12.5. The summed E-state index contributed by atoms with van der Waals surface area (Å²) in [5.41, 5.74) is 0. The summed E-state index contributed by atoms with van der Waals surface area (Å²) in [6.07, 6.45) is -3.34. The molecule has 0 aromatic heterocycles. The molecule has 22 heavy (non-hydrogen) atoms. The van der Waals surface area contributed by atoms with Gasteiger partial charge in [-0.2, -0.15) is 0 Å². The highest BCUT2D eigenvalue weighted by atomic mass is 32.2. The van der Waals surface area contributed by atoms with E-state index in [-0.39, 0.29) is 6.54 Å². The summed E-state index contributed by atoms with van der Waals surface area (Å²) in [7, 11) is -4.05. The first-order chi connectivity index (χ1) is 10.3. The minimum Gasteiger partial charge on any atom is -0.404 e. The molecule has 0 saturated carbocycles. The predicted molar refractivity (Wildman–Crippen MR) is 73.9 cm³/mol. The van der Waals surface area contributed by atoms with Crippen molar-refractivity contribution in [3.05, 3.63) is 24.3 Å². The second kappa shape index (κ2) is 6.84. The van der Waals surface area contributed by atoms with Crippen LogP contribution in [-0.4, -0.2) is 34.4 Å². The zero-order chi connectivity index (χ0) is 16.2. The molecule has 0 unspecified atom stereocenters. The fourth-order valence-corrected chi connectivity index (χ4v) is 3.49. The van der Waals surface area contributed by atoms with Gasteiger partial charge in [-0.3, -0.25) is 0 Å². The van der Waals surface area contributed by atoms with Crippen molar-refractivity contribution in [2.45, 2.75) is 24.1 Å². The van der Waals surface area contributed by atoms with Crippen LogP contribution < -0.4 is 14.8 Å². The number of halogens is 3. The van der Waals surface area contributed by atoms with Gasteiger partial charge in [0.1, 0.15) is 10.6 Å². The van der Waals surface area contributed by atoms with E-state index in [1.165, 1.54) is 12.1 Å². The van der Waals surface area contributed by atoms with Crippen LogP contribution in [0.15, 0.2) is 29.2 Å². The number of hydrogen-bond donors (Lipinski definition) is 2. The fourth-order valence-electron chi connectivity index (χ4n) is 2.32. The average Bonchev–Trinajstić information content (AvgIpc) is 2.90. The molecule has 0 amide bonds. The lowest BCUT2D eigenvalue weighted by molar-refractivity contribution is -0.275. The first kappa shape index (κ1) is 17.0. The van der Waals surface area contributed by atoms with Crippen LogP contribution in [0.25, 0.3) is 0 Å². The third kappa shape index (κ3) is 4.85. The predicted octanol–water partition coefficient (Wildman–Crippen LogP) is 1.86. The Kier molecular flexibility index (Phi) is 5.30. The smallest absolute Gasteiger partial charge is 0.404 e. The summed E-state index contributed by atoms with van der Waals surface area (Å²) in [6.45, 7) is 1.91. The van der Waals surface area contributed by atoms with Crippen molar-refractivity contribution < 1.29 is 26.3 Å². The Morgan fingerprint density at radius 3 is 2.68 bits per heavy atom. The van der Waals surface area contributed by atoms with Crippen molar-refractivity contribution in [2.24, 2.45) is 5.92 Å². The van der Waals surface area contributed by atoms with E-state index in [1.54, 1.807) is 0 Å². The van der Waals surface area contributed by atoms with Crippen LogP contribution in [0.4, 0.5) is 13.2 Å². The normalized spacial score (nSPS) is 19.3. The maximum atomic E-state index is 12.3. The zero-order valence-electron chi connectivity index (χ0n) is 11.7. The number of rotatable bonds is 6. The molecule has 2 N–H and O–H groups in total. The lowest BCUT2D eigenvalue weighted by Crippen LogP contribution is -2.28. The van der Waals surface area contributed by atoms with E-state index in [0.29, 0.717) is 12.3 Å². The van der Waals surface area contributed by atoms with Crippen molar-refractivity contribution in [1.29, 1.82) is 0 Å². The molecule has 5 nitrogen and oxygen atoms in total. The van der Waals surface area contributed by atoms with Crippen LogP contribution in [-0.2, 0) is 10.0 Å². The molecule has 1 fully saturated rings. The lowest BCUT2D eigenvalue weighted by Gasteiger charge is -2.14. The lowest BCUT2D eigenvalue weighted by atomic mass is 10.1. The molecule has 2 rings (SSSR count). The standard InChI is InChI=1S/C13H17F3N2O3S/c14-13(15,16)21-11-3-1-2-4-12(11)22(19,20)18-8-6-10-5-7-17-9-10/h1-4,10,17-18H,5-9H2/t10-/m1/s1. The van der Waals surface area contributed by atoms with Crippen LogP contribution in [0.5, 0.6) is 5.75 Å². The molecule has 0 aliphatic carbocycles. The largest absolute Gasteiger partial charge is 0.573 e. The van der Waals surface area contributed by atoms with E-state index in [1.807, 2.05) is 0 Å². The van der Waals surface area contributed by atoms with Crippen molar-refractivity contribution in [1.82, 2.24) is 10.0 Å². The molecular formula is C13H17F3N2O3S. The van der Waals surface area contributed by atoms with Gasteiger partial charge in [0.25, 0.3) is 0 Å². The molecule has 0 spiro atoms. The molecule has 1 aliphatic heterocycles. The Labute approximate surface area is 126 Å². The summed E-state index contributed by atoms with van der Waals surface area (Å²) in [4.78, 5) is -0.517. The average molecular weight is 338 g/mol. The van der Waals surface area contributed by atoms with E-state index >= 15 is 0 Å². The Hall–Kier alpha value is -1.32. The number of sulfonamides is 1. The van der Waals surface area contributed by atoms with E-state index in [9.17, 15) is 21.6 Å². The Bertz CT molecular complexity index is 599. The number of hydrogen-bond acceptors (Lipinski definition) is 4. The van der Waals surface area contributed by atoms with E-state index in [2.05, 4.69) is 14.8 Å². The van der Waals surface area contributed by atoms with Gasteiger partial charge in [0.2, 0.25) is 10.0 Å². The molecule has 0 radical (unpaired) electrons. The molecule has 9 heteroatoms. The van der Waals surface area contributed by atoms with Crippen LogP contribution in [0.2, 0.25) is 0 Å². The minimum absolute atomic E-state index is 0.176. The third-order valence-corrected chi connectivity index (χ3v) is 4.87. The quantitative estimate of drug-likeness (QED) is 0.831. The van der Waals surface area contributed by atoms with Crippen molar-refractivity contribution in [2.75, 3.05) is 19.6 Å². The number of ether oxygens (including phenoxy) is 1. The van der Waals surface area contributed by atoms with Gasteiger partial charge in [-0.25, -0.2) is 13.1 Å². The summed E-state index contributed by atoms with van der Waals surface area (Å²) in [6, 6.07) is 4.69. The van der Waals surface area contributed by atoms with Gasteiger partial charge in [-0.05, 0) is 44.0 Å². The van der Waals surface area contributed by atoms with E-state index in [0.717, 1.165) is 31.6 Å². The van der Waals surface area contributed by atoms with Crippen molar-refractivity contribution >= 4 is 10.0 Å². The van der Waals surface area contributed by atoms with Gasteiger partial charge in [0.05, 0.1) is 0 Å². The highest BCUT2D eigenvalue weighted by Crippen LogP contribution is 2.29. The minimum atomic E-state index is -4.94. The van der Waals surface area contributed by atoms with E-state index in [4.69, 9.17) is 0 Å². The number of nitrogens with one attached hydrogen (secondary N) is 2. The van der Waals surface area contributed by atoms with Gasteiger partial charge in [0.15, 0.2) is 0 Å². The summed E-state index contributed by atoms with van der Waals surface area (Å²) in [5, 5.41) is 3.16. The third-order valence-electron chi connectivity index (χ3n) is 3.37. The molecule has 0 bridgehead atoms. The van der Waals surface area contributed by atoms with Crippen LogP contribution in [0, 0.1) is 5.92 Å². The molecule has 1 aromatic carbocycles. The molecule has 1 aliphatic rings. The fraction of sp³-hybridized carbons (Fsp3) is 0.538. The highest BCUT2D eigenvalue weighted by molar-refractivity contribution is 7.89. The van der Waals surface area contributed by atoms with Crippen LogP contribution >= 0.6 is 0 Å². The van der Waals surface area contributed by atoms with Gasteiger partial charge in [-0.1, -0.05) is 12.1 Å². The summed E-state index contributed by atoms with van der Waals surface area (Å²) < 4.78 is 67.3. The Morgan fingerprint density at radius 1 is 1.32 bits per heavy atom. The maximum Gasteiger partial charge on any atom is 0.573 e. The molecule has 1 saturated heterocycles. The molecule has 1 atom stereocenters. The first-order valence-electron chi connectivity index (χ1n) is 6.83. The second-order valence-electron chi connectivity index (χ2n) is 5.04. The Balaban J connectivity index is 2.04. The molecular weight excluding hydrogens is 321 g/mol. The van der Waals surface area contributed by atoms with Crippen molar-refractivity contribution in [3.8, 4) is 5.75 Å². The molecule has 1 aromatic rings. The summed E-state index contributed by atoms with van der Waals surface area (Å²) in [5.74, 6) is -0.352.